The minimum absolute atomic E-state index is 0.00397. The topological polar surface area (TPSA) is 101 Å². The Morgan fingerprint density at radius 3 is 2.88 bits per heavy atom. The largest absolute Gasteiger partial charge is 0.481 e. The molecule has 86 valence electrons. The molecule has 1 saturated heterocycles. The summed E-state index contributed by atoms with van der Waals surface area (Å²) in [4.78, 5) is 24.9. The number of carboxylic acids is 1. The predicted molar refractivity (Wildman–Crippen MR) is 51.6 cm³/mol. The Bertz CT molecular complexity index is 429. The van der Waals surface area contributed by atoms with Gasteiger partial charge in [0.1, 0.15) is 0 Å². The van der Waals surface area contributed by atoms with Crippen LogP contribution in [0.1, 0.15) is 13.3 Å². The zero-order valence-electron chi connectivity index (χ0n) is 8.70. The lowest BCUT2D eigenvalue weighted by Crippen LogP contribution is -2.27. The van der Waals surface area contributed by atoms with E-state index in [9.17, 15) is 9.59 Å². The Morgan fingerprint density at radius 2 is 2.38 bits per heavy atom. The van der Waals surface area contributed by atoms with E-state index in [0.717, 1.165) is 0 Å². The zero-order chi connectivity index (χ0) is 11.7. The van der Waals surface area contributed by atoms with Crippen LogP contribution in [0.25, 0.3) is 0 Å². The number of aryl methyl sites for hydroxylation is 1. The van der Waals surface area contributed by atoms with Gasteiger partial charge in [0.05, 0.1) is 12.5 Å². The minimum atomic E-state index is -0.973. The van der Waals surface area contributed by atoms with Crippen LogP contribution < -0.4 is 4.90 Å². The highest BCUT2D eigenvalue weighted by atomic mass is 16.4. The van der Waals surface area contributed by atoms with Gasteiger partial charge in [-0.3, -0.25) is 14.5 Å². The second-order valence-electron chi connectivity index (χ2n) is 3.52. The highest BCUT2D eigenvalue weighted by molar-refractivity contribution is 5.97. The molecule has 1 unspecified atom stereocenters. The van der Waals surface area contributed by atoms with Gasteiger partial charge in [0.25, 0.3) is 5.95 Å². The number of aromatic nitrogens is 4. The van der Waals surface area contributed by atoms with Crippen molar-refractivity contribution in [3.8, 4) is 0 Å². The molecule has 0 spiro atoms. The fourth-order valence-corrected chi connectivity index (χ4v) is 1.54. The Labute approximate surface area is 90.8 Å². The van der Waals surface area contributed by atoms with E-state index in [1.165, 1.54) is 9.70 Å². The Balaban J connectivity index is 2.16. The van der Waals surface area contributed by atoms with Crippen molar-refractivity contribution in [3.05, 3.63) is 0 Å². The molecule has 1 aromatic rings. The quantitative estimate of drug-likeness (QED) is 0.717. The van der Waals surface area contributed by atoms with Gasteiger partial charge in [0.2, 0.25) is 5.91 Å². The molecule has 0 radical (unpaired) electrons. The van der Waals surface area contributed by atoms with Gasteiger partial charge in [-0.15, -0.1) is 5.10 Å². The smallest absolute Gasteiger partial charge is 0.308 e. The van der Waals surface area contributed by atoms with E-state index in [4.69, 9.17) is 5.11 Å². The van der Waals surface area contributed by atoms with Crippen molar-refractivity contribution >= 4 is 17.8 Å². The Morgan fingerprint density at radius 1 is 1.62 bits per heavy atom. The first-order valence-corrected chi connectivity index (χ1v) is 4.92. The summed E-state index contributed by atoms with van der Waals surface area (Å²) in [6.07, 6.45) is -0.00397. The number of rotatable bonds is 3. The van der Waals surface area contributed by atoms with Crippen LogP contribution in [0.3, 0.4) is 0 Å². The molecule has 0 aliphatic carbocycles. The van der Waals surface area contributed by atoms with Crippen molar-refractivity contribution < 1.29 is 14.7 Å². The zero-order valence-corrected chi connectivity index (χ0v) is 8.70. The fraction of sp³-hybridized carbons (Fsp3) is 0.625. The van der Waals surface area contributed by atoms with Crippen LogP contribution >= 0.6 is 0 Å². The third-order valence-corrected chi connectivity index (χ3v) is 2.44. The summed E-state index contributed by atoms with van der Waals surface area (Å²) < 4.78 is 0. The average Bonchev–Trinajstić information content (AvgIpc) is 2.83. The molecule has 1 fully saturated rings. The number of aliphatic carboxylic acids is 1. The van der Waals surface area contributed by atoms with Crippen molar-refractivity contribution in [2.75, 3.05) is 11.4 Å². The standard InChI is InChI=1S/C8H11N5O3/c1-2-13-10-8(9-11-13)12-4-5(7(15)16)3-6(12)14/h5H,2-4H2,1H3,(H,15,16). The van der Waals surface area contributed by atoms with Gasteiger partial charge in [-0.25, -0.2) is 0 Å². The highest BCUT2D eigenvalue weighted by Gasteiger charge is 2.37. The van der Waals surface area contributed by atoms with Crippen LogP contribution in [-0.2, 0) is 16.1 Å². The maximum atomic E-state index is 11.5. The molecular formula is C8H11N5O3. The van der Waals surface area contributed by atoms with E-state index in [1.807, 2.05) is 6.92 Å². The molecule has 0 saturated carbocycles. The van der Waals surface area contributed by atoms with E-state index < -0.39 is 11.9 Å². The van der Waals surface area contributed by atoms with Gasteiger partial charge in [-0.1, -0.05) is 5.10 Å². The second kappa shape index (κ2) is 3.87. The number of nitrogens with zero attached hydrogens (tertiary/aromatic N) is 5. The van der Waals surface area contributed by atoms with Crippen LogP contribution in [0.5, 0.6) is 0 Å². The van der Waals surface area contributed by atoms with E-state index in [0.29, 0.717) is 6.54 Å². The maximum Gasteiger partial charge on any atom is 0.308 e. The van der Waals surface area contributed by atoms with Gasteiger partial charge in [-0.05, 0) is 12.1 Å². The first-order chi connectivity index (χ1) is 7.61. The van der Waals surface area contributed by atoms with Gasteiger partial charge in [-0.2, -0.15) is 4.80 Å². The Hall–Kier alpha value is -1.99. The SMILES string of the molecule is CCn1nnc(N2CC(C(=O)O)CC2=O)n1. The van der Waals surface area contributed by atoms with Gasteiger partial charge >= 0.3 is 5.97 Å². The molecule has 16 heavy (non-hydrogen) atoms. The molecule has 1 amide bonds. The number of amides is 1. The molecule has 2 heterocycles. The van der Waals surface area contributed by atoms with Crippen molar-refractivity contribution in [2.45, 2.75) is 19.9 Å². The van der Waals surface area contributed by atoms with Crippen molar-refractivity contribution in [1.29, 1.82) is 0 Å². The van der Waals surface area contributed by atoms with Crippen LogP contribution in [0.4, 0.5) is 5.95 Å². The van der Waals surface area contributed by atoms with E-state index in [1.54, 1.807) is 0 Å². The summed E-state index contributed by atoms with van der Waals surface area (Å²) >= 11 is 0. The van der Waals surface area contributed by atoms with Crippen molar-refractivity contribution in [2.24, 2.45) is 5.92 Å². The van der Waals surface area contributed by atoms with Gasteiger partial charge in [0, 0.05) is 13.0 Å². The van der Waals surface area contributed by atoms with Crippen molar-refractivity contribution in [3.63, 3.8) is 0 Å². The van der Waals surface area contributed by atoms with Gasteiger partial charge in [0.15, 0.2) is 0 Å². The number of tetrazole rings is 1. The lowest BCUT2D eigenvalue weighted by molar-refractivity contribution is -0.141. The predicted octanol–water partition coefficient (Wildman–Crippen LogP) is -0.869. The van der Waals surface area contributed by atoms with Gasteiger partial charge < -0.3 is 5.11 Å². The van der Waals surface area contributed by atoms with E-state index in [2.05, 4.69) is 15.4 Å². The van der Waals surface area contributed by atoms with Crippen LogP contribution in [0.2, 0.25) is 0 Å². The summed E-state index contributed by atoms with van der Waals surface area (Å²) in [5.41, 5.74) is 0. The van der Waals surface area contributed by atoms with Crippen molar-refractivity contribution in [1.82, 2.24) is 20.2 Å². The molecule has 1 aromatic heterocycles. The van der Waals surface area contributed by atoms with Crippen LogP contribution in [-0.4, -0.2) is 43.7 Å². The first-order valence-electron chi connectivity index (χ1n) is 4.92. The Kier molecular flexibility index (Phi) is 2.55. The molecule has 1 atom stereocenters. The summed E-state index contributed by atoms with van der Waals surface area (Å²) in [5, 5.41) is 20.2. The normalized spacial score (nSPS) is 20.4. The second-order valence-corrected chi connectivity index (χ2v) is 3.52. The molecule has 1 aliphatic heterocycles. The van der Waals surface area contributed by atoms with E-state index in [-0.39, 0.29) is 24.8 Å². The number of hydrogen-bond acceptors (Lipinski definition) is 5. The molecule has 0 bridgehead atoms. The average molecular weight is 225 g/mol. The van der Waals surface area contributed by atoms with Crippen LogP contribution in [0.15, 0.2) is 0 Å². The molecule has 8 nitrogen and oxygen atoms in total. The first kappa shape index (κ1) is 10.5. The molecule has 8 heteroatoms. The molecule has 0 aromatic carbocycles. The molecular weight excluding hydrogens is 214 g/mol. The lowest BCUT2D eigenvalue weighted by atomic mass is 10.1. The summed E-state index contributed by atoms with van der Waals surface area (Å²) in [6.45, 7) is 2.51. The summed E-state index contributed by atoms with van der Waals surface area (Å²) in [6, 6.07) is 0. The highest BCUT2D eigenvalue weighted by Crippen LogP contribution is 2.21. The maximum absolute atomic E-state index is 11.5. The number of carbonyl (C=O) groups is 2. The summed E-state index contributed by atoms with van der Waals surface area (Å²) in [7, 11) is 0. The molecule has 1 aliphatic rings. The van der Waals surface area contributed by atoms with Crippen LogP contribution in [0, 0.1) is 5.92 Å². The third kappa shape index (κ3) is 1.73. The minimum Gasteiger partial charge on any atom is -0.481 e. The molecule has 2 rings (SSSR count). The molecule has 1 N–H and O–H groups in total. The number of anilines is 1. The number of carbonyl (C=O) groups excluding carboxylic acids is 1. The third-order valence-electron chi connectivity index (χ3n) is 2.44. The lowest BCUT2D eigenvalue weighted by Gasteiger charge is -2.09. The monoisotopic (exact) mass is 225 g/mol. The summed E-state index contributed by atoms with van der Waals surface area (Å²) in [5.74, 6) is -1.75. The number of hydrogen-bond donors (Lipinski definition) is 1. The fourth-order valence-electron chi connectivity index (χ4n) is 1.54. The van der Waals surface area contributed by atoms with E-state index >= 15 is 0 Å². The number of carboxylic acid groups (broad SMARTS) is 1.